The zero-order chi connectivity index (χ0) is 17.4. The number of ether oxygens (including phenoxy) is 1. The van der Waals surface area contributed by atoms with E-state index >= 15 is 0 Å². The molecule has 25 heavy (non-hydrogen) atoms. The summed E-state index contributed by atoms with van der Waals surface area (Å²) < 4.78 is 41.1. The van der Waals surface area contributed by atoms with Gasteiger partial charge in [-0.15, -0.1) is 37.1 Å². The Bertz CT molecular complexity index is 546. The van der Waals surface area contributed by atoms with Crippen LogP contribution in [0.5, 0.6) is 5.75 Å². The molecule has 1 aromatic carbocycles. The molecule has 1 aliphatic rings. The summed E-state index contributed by atoms with van der Waals surface area (Å²) in [4.78, 5) is 6.52. The predicted octanol–water partition coefficient (Wildman–Crippen LogP) is 3.81. The highest BCUT2D eigenvalue weighted by atomic mass is 127. The fourth-order valence-corrected chi connectivity index (χ4v) is 2.63. The van der Waals surface area contributed by atoms with Crippen LogP contribution in [0, 0.1) is 0 Å². The van der Waals surface area contributed by atoms with Crippen LogP contribution >= 0.6 is 24.0 Å². The summed E-state index contributed by atoms with van der Waals surface area (Å²) in [5.41, 5.74) is 5.90. The molecule has 0 atom stereocenters. The van der Waals surface area contributed by atoms with Crippen molar-refractivity contribution >= 4 is 35.6 Å². The number of hydrogen-bond donors (Lipinski definition) is 2. The first-order valence-electron chi connectivity index (χ1n) is 8.08. The average molecular weight is 472 g/mol. The number of anilines is 1. The summed E-state index contributed by atoms with van der Waals surface area (Å²) in [6.45, 7) is 3.42. The maximum atomic E-state index is 12.4. The number of rotatable bonds is 5. The number of hydrogen-bond acceptors (Lipinski definition) is 3. The Hall–Kier alpha value is -1.23. The molecule has 2 rings (SSSR count). The molecular formula is C16H24F3IN4O. The number of likely N-dealkylation sites (tertiary alicyclic amines) is 1. The van der Waals surface area contributed by atoms with Gasteiger partial charge in [0.15, 0.2) is 11.7 Å². The predicted molar refractivity (Wildman–Crippen MR) is 104 cm³/mol. The van der Waals surface area contributed by atoms with Crippen molar-refractivity contribution in [3.63, 3.8) is 0 Å². The minimum Gasteiger partial charge on any atom is -0.404 e. The highest BCUT2D eigenvalue weighted by Crippen LogP contribution is 2.29. The lowest BCUT2D eigenvalue weighted by Gasteiger charge is -2.18. The molecule has 9 heteroatoms. The van der Waals surface area contributed by atoms with Crippen LogP contribution in [0.25, 0.3) is 0 Å². The lowest BCUT2D eigenvalue weighted by Crippen LogP contribution is -2.29. The van der Waals surface area contributed by atoms with E-state index in [1.54, 1.807) is 6.07 Å². The number of para-hydroxylation sites is 2. The lowest BCUT2D eigenvalue weighted by atomic mass is 10.2. The molecule has 0 unspecified atom stereocenters. The quantitative estimate of drug-likeness (QED) is 0.389. The number of halogens is 4. The minimum atomic E-state index is -4.75. The molecule has 142 valence electrons. The van der Waals surface area contributed by atoms with Crippen LogP contribution in [0.3, 0.4) is 0 Å². The SMILES string of the molecule is I.NC(=NCCN1CCCCCC1)Nc1ccccc1OC(F)(F)F. The molecule has 1 heterocycles. The summed E-state index contributed by atoms with van der Waals surface area (Å²) in [6.07, 6.45) is 0.161. The van der Waals surface area contributed by atoms with E-state index in [-0.39, 0.29) is 41.4 Å². The Morgan fingerprint density at radius 1 is 1.16 bits per heavy atom. The molecule has 0 bridgehead atoms. The molecule has 5 nitrogen and oxygen atoms in total. The maximum absolute atomic E-state index is 12.4. The number of nitrogens with zero attached hydrogens (tertiary/aromatic N) is 2. The summed E-state index contributed by atoms with van der Waals surface area (Å²) >= 11 is 0. The van der Waals surface area contributed by atoms with Gasteiger partial charge in [-0.3, -0.25) is 4.99 Å². The molecule has 0 radical (unpaired) electrons. The van der Waals surface area contributed by atoms with Gasteiger partial charge in [-0.25, -0.2) is 0 Å². The highest BCUT2D eigenvalue weighted by Gasteiger charge is 2.32. The first-order chi connectivity index (χ1) is 11.4. The molecule has 0 spiro atoms. The number of nitrogens with one attached hydrogen (secondary N) is 1. The van der Waals surface area contributed by atoms with E-state index in [9.17, 15) is 13.2 Å². The topological polar surface area (TPSA) is 62.9 Å². The monoisotopic (exact) mass is 472 g/mol. The Balaban J connectivity index is 0.00000312. The third kappa shape index (κ3) is 8.61. The van der Waals surface area contributed by atoms with Crippen molar-refractivity contribution in [2.75, 3.05) is 31.5 Å². The number of alkyl halides is 3. The van der Waals surface area contributed by atoms with Crippen molar-refractivity contribution in [3.8, 4) is 5.75 Å². The number of benzene rings is 1. The molecule has 1 fully saturated rings. The van der Waals surface area contributed by atoms with E-state index in [0.29, 0.717) is 6.54 Å². The number of nitrogens with two attached hydrogens (primary N) is 1. The Morgan fingerprint density at radius 3 is 2.44 bits per heavy atom. The summed E-state index contributed by atoms with van der Waals surface area (Å²) in [7, 11) is 0. The Kier molecular flexibility index (Phi) is 9.33. The molecular weight excluding hydrogens is 448 g/mol. The number of guanidine groups is 1. The van der Waals surface area contributed by atoms with Gasteiger partial charge >= 0.3 is 6.36 Å². The van der Waals surface area contributed by atoms with Crippen LogP contribution < -0.4 is 15.8 Å². The van der Waals surface area contributed by atoms with Crippen molar-refractivity contribution < 1.29 is 17.9 Å². The van der Waals surface area contributed by atoms with Gasteiger partial charge in [0.1, 0.15) is 0 Å². The van der Waals surface area contributed by atoms with Crippen LogP contribution in [-0.2, 0) is 0 Å². The Labute approximate surface area is 162 Å². The van der Waals surface area contributed by atoms with Gasteiger partial charge in [0.25, 0.3) is 0 Å². The summed E-state index contributed by atoms with van der Waals surface area (Å²) in [5, 5.41) is 2.67. The van der Waals surface area contributed by atoms with Crippen molar-refractivity contribution in [2.24, 2.45) is 10.7 Å². The van der Waals surface area contributed by atoms with E-state index < -0.39 is 6.36 Å². The van der Waals surface area contributed by atoms with Crippen molar-refractivity contribution in [3.05, 3.63) is 24.3 Å². The van der Waals surface area contributed by atoms with E-state index in [4.69, 9.17) is 5.73 Å². The molecule has 3 N–H and O–H groups in total. The van der Waals surface area contributed by atoms with Gasteiger partial charge in [-0.1, -0.05) is 25.0 Å². The molecule has 0 saturated carbocycles. The van der Waals surface area contributed by atoms with Crippen molar-refractivity contribution in [1.82, 2.24) is 4.90 Å². The first-order valence-corrected chi connectivity index (χ1v) is 8.08. The smallest absolute Gasteiger partial charge is 0.404 e. The van der Waals surface area contributed by atoms with Gasteiger partial charge in [0.2, 0.25) is 0 Å². The van der Waals surface area contributed by atoms with E-state index in [1.807, 2.05) is 0 Å². The van der Waals surface area contributed by atoms with Gasteiger partial charge < -0.3 is 20.7 Å². The molecule has 1 aromatic rings. The van der Waals surface area contributed by atoms with E-state index in [1.165, 1.54) is 43.9 Å². The maximum Gasteiger partial charge on any atom is 0.573 e. The first kappa shape index (κ1) is 21.8. The molecule has 0 aliphatic carbocycles. The lowest BCUT2D eigenvalue weighted by molar-refractivity contribution is -0.274. The van der Waals surface area contributed by atoms with Gasteiger partial charge in [0.05, 0.1) is 12.2 Å². The summed E-state index contributed by atoms with van der Waals surface area (Å²) in [6, 6.07) is 5.73. The molecule has 1 aliphatic heterocycles. The average Bonchev–Trinajstić information content (AvgIpc) is 2.77. The second-order valence-electron chi connectivity index (χ2n) is 5.69. The van der Waals surface area contributed by atoms with Crippen LogP contribution in [-0.4, -0.2) is 43.4 Å². The van der Waals surface area contributed by atoms with Crippen LogP contribution in [0.4, 0.5) is 18.9 Å². The second kappa shape index (κ2) is 10.7. The van der Waals surface area contributed by atoms with Gasteiger partial charge in [-0.2, -0.15) is 0 Å². The van der Waals surface area contributed by atoms with E-state index in [2.05, 4.69) is 19.9 Å². The third-order valence-electron chi connectivity index (χ3n) is 3.77. The van der Waals surface area contributed by atoms with E-state index in [0.717, 1.165) is 19.6 Å². The fraction of sp³-hybridized carbons (Fsp3) is 0.562. The van der Waals surface area contributed by atoms with Crippen molar-refractivity contribution in [1.29, 1.82) is 0 Å². The third-order valence-corrected chi connectivity index (χ3v) is 3.77. The summed E-state index contributed by atoms with van der Waals surface area (Å²) in [5.74, 6) is -0.265. The second-order valence-corrected chi connectivity index (χ2v) is 5.69. The number of aliphatic imine (C=N–C) groups is 1. The normalized spacial score (nSPS) is 16.7. The standard InChI is InChI=1S/C16H23F3N4O.HI/c17-16(18,19)24-14-8-4-3-7-13(14)22-15(20)21-9-12-23-10-5-1-2-6-11-23;/h3-4,7-8H,1-2,5-6,9-12H2,(H3,20,21,22);1H. The molecule has 0 aromatic heterocycles. The van der Waals surface area contributed by atoms with Crippen LogP contribution in [0.15, 0.2) is 29.3 Å². The fourth-order valence-electron chi connectivity index (χ4n) is 2.63. The largest absolute Gasteiger partial charge is 0.573 e. The highest BCUT2D eigenvalue weighted by molar-refractivity contribution is 14.0. The Morgan fingerprint density at radius 2 is 1.80 bits per heavy atom. The van der Waals surface area contributed by atoms with Gasteiger partial charge in [-0.05, 0) is 38.1 Å². The van der Waals surface area contributed by atoms with Crippen molar-refractivity contribution in [2.45, 2.75) is 32.0 Å². The zero-order valence-electron chi connectivity index (χ0n) is 13.9. The van der Waals surface area contributed by atoms with Crippen LogP contribution in [0.1, 0.15) is 25.7 Å². The van der Waals surface area contributed by atoms with Gasteiger partial charge in [0, 0.05) is 6.54 Å². The minimum absolute atomic E-state index is 0. The van der Waals surface area contributed by atoms with Crippen LogP contribution in [0.2, 0.25) is 0 Å². The molecule has 0 amide bonds. The zero-order valence-corrected chi connectivity index (χ0v) is 16.2. The molecule has 1 saturated heterocycles.